The smallest absolute Gasteiger partial charge is 0.119 e. The lowest BCUT2D eigenvalue weighted by Gasteiger charge is -2.26. The van der Waals surface area contributed by atoms with Crippen molar-refractivity contribution in [1.29, 1.82) is 0 Å². The van der Waals surface area contributed by atoms with Crippen molar-refractivity contribution in [3.8, 4) is 5.75 Å². The second-order valence-electron chi connectivity index (χ2n) is 3.78. The third kappa shape index (κ3) is 2.13. The Morgan fingerprint density at radius 1 is 1.40 bits per heavy atom. The summed E-state index contributed by atoms with van der Waals surface area (Å²) in [5.74, 6) is 0.915. The van der Waals surface area contributed by atoms with Crippen molar-refractivity contribution >= 4 is 0 Å². The molecule has 1 unspecified atom stereocenters. The fraction of sp³-hybridized carbons (Fsp3) is 0.500. The van der Waals surface area contributed by atoms with Gasteiger partial charge in [0, 0.05) is 7.11 Å². The molecule has 3 nitrogen and oxygen atoms in total. The number of hydrogen-bond donors (Lipinski definition) is 1. The number of hydrogen-bond acceptors (Lipinski definition) is 3. The van der Waals surface area contributed by atoms with E-state index in [9.17, 15) is 0 Å². The molecule has 0 radical (unpaired) electrons. The van der Waals surface area contributed by atoms with E-state index >= 15 is 0 Å². The van der Waals surface area contributed by atoms with Crippen molar-refractivity contribution in [3.05, 3.63) is 29.3 Å². The largest absolute Gasteiger partial charge is 0.497 e. The van der Waals surface area contributed by atoms with E-state index in [2.05, 4.69) is 17.4 Å². The first-order valence-electron chi connectivity index (χ1n) is 5.24. The summed E-state index contributed by atoms with van der Waals surface area (Å²) in [6, 6.07) is 6.57. The normalized spacial score (nSPS) is 19.7. The van der Waals surface area contributed by atoms with Crippen molar-refractivity contribution in [2.75, 3.05) is 27.4 Å². The van der Waals surface area contributed by atoms with Crippen LogP contribution >= 0.6 is 0 Å². The van der Waals surface area contributed by atoms with Gasteiger partial charge < -0.3 is 14.8 Å². The third-order valence-electron chi connectivity index (χ3n) is 2.85. The number of nitrogens with one attached hydrogen (secondary N) is 1. The van der Waals surface area contributed by atoms with Gasteiger partial charge in [0.2, 0.25) is 0 Å². The van der Waals surface area contributed by atoms with Crippen molar-refractivity contribution in [2.24, 2.45) is 0 Å². The van der Waals surface area contributed by atoms with Crippen LogP contribution in [0.1, 0.15) is 17.2 Å². The average molecular weight is 207 g/mol. The lowest BCUT2D eigenvalue weighted by Crippen LogP contribution is -2.32. The number of fused-ring (bicyclic) bond motifs is 1. The molecule has 82 valence electrons. The molecule has 0 amide bonds. The van der Waals surface area contributed by atoms with Crippen LogP contribution < -0.4 is 10.1 Å². The molecule has 0 saturated carbocycles. The lowest BCUT2D eigenvalue weighted by molar-refractivity contribution is 0.164. The summed E-state index contributed by atoms with van der Waals surface area (Å²) in [4.78, 5) is 0. The molecule has 1 atom stereocenters. The minimum Gasteiger partial charge on any atom is -0.497 e. The Balaban J connectivity index is 2.30. The molecule has 15 heavy (non-hydrogen) atoms. The van der Waals surface area contributed by atoms with E-state index in [-0.39, 0.29) is 0 Å². The maximum atomic E-state index is 5.24. The highest BCUT2D eigenvalue weighted by Crippen LogP contribution is 2.27. The Morgan fingerprint density at radius 3 is 3.00 bits per heavy atom. The number of methoxy groups -OCH3 is 2. The van der Waals surface area contributed by atoms with Crippen molar-refractivity contribution in [3.63, 3.8) is 0 Å². The van der Waals surface area contributed by atoms with Gasteiger partial charge in [0.15, 0.2) is 0 Å². The molecular formula is C12H17NO2. The molecule has 0 aromatic heterocycles. The van der Waals surface area contributed by atoms with Crippen LogP contribution in [0.3, 0.4) is 0 Å². The quantitative estimate of drug-likeness (QED) is 0.815. The van der Waals surface area contributed by atoms with Crippen molar-refractivity contribution < 1.29 is 9.47 Å². The van der Waals surface area contributed by atoms with Gasteiger partial charge in [-0.05, 0) is 36.2 Å². The Bertz CT molecular complexity index is 338. The predicted molar refractivity (Wildman–Crippen MR) is 59.3 cm³/mol. The maximum Gasteiger partial charge on any atom is 0.119 e. The second-order valence-corrected chi connectivity index (χ2v) is 3.78. The highest BCUT2D eigenvalue weighted by molar-refractivity contribution is 5.39. The summed E-state index contributed by atoms with van der Waals surface area (Å²) in [6.07, 6.45) is 1.08. The highest BCUT2D eigenvalue weighted by atomic mass is 16.5. The molecule has 1 aromatic carbocycles. The summed E-state index contributed by atoms with van der Waals surface area (Å²) < 4.78 is 10.4. The van der Waals surface area contributed by atoms with E-state index in [0.29, 0.717) is 12.6 Å². The monoisotopic (exact) mass is 207 g/mol. The summed E-state index contributed by atoms with van der Waals surface area (Å²) in [7, 11) is 3.43. The molecule has 0 fully saturated rings. The van der Waals surface area contributed by atoms with E-state index < -0.39 is 0 Å². The van der Waals surface area contributed by atoms with Crippen LogP contribution in [-0.4, -0.2) is 27.4 Å². The van der Waals surface area contributed by atoms with Crippen LogP contribution in [0.4, 0.5) is 0 Å². The Morgan fingerprint density at radius 2 is 2.27 bits per heavy atom. The van der Waals surface area contributed by atoms with Gasteiger partial charge in [-0.3, -0.25) is 0 Å². The molecule has 1 aliphatic rings. The van der Waals surface area contributed by atoms with Gasteiger partial charge in [0.25, 0.3) is 0 Å². The summed E-state index contributed by atoms with van der Waals surface area (Å²) >= 11 is 0. The van der Waals surface area contributed by atoms with Gasteiger partial charge in [-0.25, -0.2) is 0 Å². The lowest BCUT2D eigenvalue weighted by atomic mass is 9.94. The van der Waals surface area contributed by atoms with Gasteiger partial charge in [0.1, 0.15) is 5.75 Å². The van der Waals surface area contributed by atoms with Crippen LogP contribution in [0.5, 0.6) is 5.75 Å². The minimum atomic E-state index is 0.300. The molecule has 0 saturated heterocycles. The number of ether oxygens (including phenoxy) is 2. The zero-order valence-corrected chi connectivity index (χ0v) is 9.25. The Kier molecular flexibility index (Phi) is 3.23. The molecule has 1 heterocycles. The van der Waals surface area contributed by atoms with Crippen LogP contribution in [0.15, 0.2) is 18.2 Å². The summed E-state index contributed by atoms with van der Waals surface area (Å²) in [5.41, 5.74) is 2.71. The average Bonchev–Trinajstić information content (AvgIpc) is 2.29. The molecule has 3 heteroatoms. The van der Waals surface area contributed by atoms with E-state index in [1.807, 2.05) is 6.07 Å². The molecular weight excluding hydrogens is 190 g/mol. The van der Waals surface area contributed by atoms with Crippen molar-refractivity contribution in [1.82, 2.24) is 5.32 Å². The maximum absolute atomic E-state index is 5.24. The SMILES string of the molecule is COCC1NCCc2ccc(OC)cc21. The zero-order valence-electron chi connectivity index (χ0n) is 9.25. The minimum absolute atomic E-state index is 0.300. The fourth-order valence-corrected chi connectivity index (χ4v) is 2.06. The van der Waals surface area contributed by atoms with Crippen LogP contribution in [-0.2, 0) is 11.2 Å². The number of rotatable bonds is 3. The Labute approximate surface area is 90.4 Å². The van der Waals surface area contributed by atoms with E-state index in [4.69, 9.17) is 9.47 Å². The van der Waals surface area contributed by atoms with Gasteiger partial charge in [-0.2, -0.15) is 0 Å². The predicted octanol–water partition coefficient (Wildman–Crippen LogP) is 1.53. The number of benzene rings is 1. The summed E-state index contributed by atoms with van der Waals surface area (Å²) in [6.45, 7) is 1.73. The van der Waals surface area contributed by atoms with Crippen LogP contribution in [0.25, 0.3) is 0 Å². The molecule has 1 N–H and O–H groups in total. The van der Waals surface area contributed by atoms with Crippen molar-refractivity contribution in [2.45, 2.75) is 12.5 Å². The third-order valence-corrected chi connectivity index (χ3v) is 2.85. The fourth-order valence-electron chi connectivity index (χ4n) is 2.06. The molecule has 0 spiro atoms. The van der Waals surface area contributed by atoms with E-state index in [1.54, 1.807) is 14.2 Å². The first-order valence-corrected chi connectivity index (χ1v) is 5.24. The molecule has 1 aromatic rings. The molecule has 2 rings (SSSR count). The highest BCUT2D eigenvalue weighted by Gasteiger charge is 2.19. The van der Waals surface area contributed by atoms with Gasteiger partial charge >= 0.3 is 0 Å². The van der Waals surface area contributed by atoms with E-state index in [0.717, 1.165) is 18.7 Å². The molecule has 0 aliphatic carbocycles. The molecule has 0 bridgehead atoms. The zero-order chi connectivity index (χ0) is 10.7. The second kappa shape index (κ2) is 4.64. The van der Waals surface area contributed by atoms with Gasteiger partial charge in [-0.1, -0.05) is 6.07 Å². The Hall–Kier alpha value is -1.06. The topological polar surface area (TPSA) is 30.5 Å². The first kappa shape index (κ1) is 10.5. The van der Waals surface area contributed by atoms with E-state index in [1.165, 1.54) is 11.1 Å². The molecule has 1 aliphatic heterocycles. The van der Waals surface area contributed by atoms with Gasteiger partial charge in [-0.15, -0.1) is 0 Å². The van der Waals surface area contributed by atoms with Crippen LogP contribution in [0.2, 0.25) is 0 Å². The standard InChI is InChI=1S/C12H17NO2/c1-14-8-12-11-7-10(15-2)4-3-9(11)5-6-13-12/h3-4,7,12-13H,5-6,8H2,1-2H3. The van der Waals surface area contributed by atoms with Crippen LogP contribution in [0, 0.1) is 0 Å². The van der Waals surface area contributed by atoms with Gasteiger partial charge in [0.05, 0.1) is 19.8 Å². The summed E-state index contributed by atoms with van der Waals surface area (Å²) in [5, 5.41) is 3.45. The first-order chi connectivity index (χ1) is 7.35.